The van der Waals surface area contributed by atoms with Crippen LogP contribution < -0.4 is 0 Å². The number of phenols is 1. The topological polar surface area (TPSA) is 46.5 Å². The Bertz CT molecular complexity index is 718. The number of ketones is 1. The van der Waals surface area contributed by atoms with Crippen molar-refractivity contribution in [2.24, 2.45) is 0 Å². The van der Waals surface area contributed by atoms with E-state index in [0.29, 0.717) is 11.1 Å². The van der Waals surface area contributed by atoms with Crippen LogP contribution in [0, 0.1) is 0 Å². The molecule has 1 aromatic carbocycles. The Hall–Kier alpha value is -2.55. The van der Waals surface area contributed by atoms with Crippen molar-refractivity contribution in [3.8, 4) is 5.75 Å². The van der Waals surface area contributed by atoms with E-state index in [1.165, 1.54) is 6.26 Å². The van der Waals surface area contributed by atoms with Gasteiger partial charge < -0.3 is 9.84 Å². The lowest BCUT2D eigenvalue weighted by molar-refractivity contribution is 0.103. The molecule has 0 spiro atoms. The van der Waals surface area contributed by atoms with Crippen LogP contribution in [-0.4, -0.2) is 10.9 Å². The summed E-state index contributed by atoms with van der Waals surface area (Å²) in [7, 11) is 0. The Morgan fingerprint density at radius 1 is 1.38 bits per heavy atom. The highest BCUT2D eigenvalue weighted by Gasteiger charge is 2.21. The fraction of sp³-hybridized carbons (Fsp3) is 0.167. The fourth-order valence-electron chi connectivity index (χ4n) is 2.41. The van der Waals surface area contributed by atoms with E-state index in [0.717, 1.165) is 29.7 Å². The summed E-state index contributed by atoms with van der Waals surface area (Å²) in [5, 5.41) is 9.93. The second-order valence-electron chi connectivity index (χ2n) is 5.06. The molecule has 1 N–H and O–H groups in total. The number of aryl methyl sites for hydroxylation is 1. The first-order valence-corrected chi connectivity index (χ1v) is 7.00. The molecular weight excluding hydrogens is 264 g/mol. The molecule has 0 radical (unpaired) electrons. The number of Topliss-reactive ketones (excluding diaryl/α,β-unsaturated/α-hetero) is 1. The van der Waals surface area contributed by atoms with Crippen molar-refractivity contribution in [1.29, 1.82) is 0 Å². The zero-order chi connectivity index (χ0) is 14.8. The molecule has 3 rings (SSSR count). The molecule has 0 fully saturated rings. The molecule has 0 atom stereocenters. The van der Waals surface area contributed by atoms with E-state index in [4.69, 9.17) is 4.74 Å². The van der Waals surface area contributed by atoms with Crippen LogP contribution in [-0.2, 0) is 11.2 Å². The molecule has 1 aliphatic heterocycles. The van der Waals surface area contributed by atoms with Crippen LogP contribution in [0.3, 0.4) is 0 Å². The van der Waals surface area contributed by atoms with Gasteiger partial charge in [-0.15, -0.1) is 0 Å². The smallest absolute Gasteiger partial charge is 0.199 e. The Kier molecular flexibility index (Phi) is 3.48. The lowest BCUT2D eigenvalue weighted by atomic mass is 9.95. The molecular formula is C18H16O3. The standard InChI is InChI=1S/C18H16O3/c1-2-12-7-8-16(19)15(9-12)18(20)14-10-13-5-3-4-6-17(13)21-11-14/h3-4,6-11,19H,2,5H2,1H3. The summed E-state index contributed by atoms with van der Waals surface area (Å²) in [6, 6.07) is 5.13. The minimum absolute atomic E-state index is 0.00128. The maximum Gasteiger partial charge on any atom is 0.199 e. The number of carbonyl (C=O) groups is 1. The van der Waals surface area contributed by atoms with Crippen LogP contribution in [0.1, 0.15) is 29.3 Å². The third kappa shape index (κ3) is 2.55. The summed E-state index contributed by atoms with van der Waals surface area (Å²) in [5.41, 5.74) is 2.78. The summed E-state index contributed by atoms with van der Waals surface area (Å²) in [5.74, 6) is 0.561. The van der Waals surface area contributed by atoms with Crippen molar-refractivity contribution in [3.63, 3.8) is 0 Å². The number of allylic oxidation sites excluding steroid dienone is 6. The molecule has 0 amide bonds. The van der Waals surface area contributed by atoms with Gasteiger partial charge in [-0.2, -0.15) is 0 Å². The lowest BCUT2D eigenvalue weighted by Crippen LogP contribution is -2.09. The predicted octanol–water partition coefficient (Wildman–Crippen LogP) is 3.82. The quantitative estimate of drug-likeness (QED) is 0.856. The van der Waals surface area contributed by atoms with Crippen LogP contribution in [0.2, 0.25) is 0 Å². The molecule has 1 heterocycles. The molecule has 0 saturated heterocycles. The van der Waals surface area contributed by atoms with Crippen molar-refractivity contribution in [2.75, 3.05) is 0 Å². The van der Waals surface area contributed by atoms with Gasteiger partial charge >= 0.3 is 0 Å². The minimum Gasteiger partial charge on any atom is -0.507 e. The monoisotopic (exact) mass is 280 g/mol. The summed E-state index contributed by atoms with van der Waals surface area (Å²) in [6.45, 7) is 2.01. The molecule has 0 unspecified atom stereocenters. The summed E-state index contributed by atoms with van der Waals surface area (Å²) in [6.07, 6.45) is 10.7. The molecule has 0 aromatic heterocycles. The molecule has 1 aromatic rings. The fourth-order valence-corrected chi connectivity index (χ4v) is 2.41. The molecule has 3 nitrogen and oxygen atoms in total. The van der Waals surface area contributed by atoms with E-state index in [1.807, 2.05) is 37.3 Å². The molecule has 0 saturated carbocycles. The van der Waals surface area contributed by atoms with Gasteiger partial charge in [0.1, 0.15) is 17.8 Å². The second-order valence-corrected chi connectivity index (χ2v) is 5.06. The van der Waals surface area contributed by atoms with Crippen molar-refractivity contribution >= 4 is 5.78 Å². The third-order valence-electron chi connectivity index (χ3n) is 3.66. The highest BCUT2D eigenvalue weighted by Crippen LogP contribution is 2.30. The van der Waals surface area contributed by atoms with Crippen LogP contribution in [0.15, 0.2) is 65.7 Å². The average molecular weight is 280 g/mol. The Labute approximate surface area is 123 Å². The van der Waals surface area contributed by atoms with Gasteiger partial charge in [-0.3, -0.25) is 4.79 Å². The van der Waals surface area contributed by atoms with Crippen molar-refractivity contribution < 1.29 is 14.6 Å². The van der Waals surface area contributed by atoms with Crippen LogP contribution in [0.25, 0.3) is 0 Å². The highest BCUT2D eigenvalue weighted by molar-refractivity contribution is 6.12. The number of fused-ring (bicyclic) bond motifs is 1. The Morgan fingerprint density at radius 3 is 3.05 bits per heavy atom. The summed E-state index contributed by atoms with van der Waals surface area (Å²) in [4.78, 5) is 12.6. The molecule has 21 heavy (non-hydrogen) atoms. The number of carbonyl (C=O) groups excluding carboxylic acids is 1. The average Bonchev–Trinajstić information content (AvgIpc) is 2.54. The first-order valence-electron chi connectivity index (χ1n) is 7.00. The van der Waals surface area contributed by atoms with Gasteiger partial charge in [-0.05, 0) is 48.3 Å². The first kappa shape index (κ1) is 13.4. The van der Waals surface area contributed by atoms with Gasteiger partial charge in [0.25, 0.3) is 0 Å². The maximum atomic E-state index is 12.6. The normalized spacial score (nSPS) is 16.3. The number of hydrogen-bond donors (Lipinski definition) is 1. The predicted molar refractivity (Wildman–Crippen MR) is 80.9 cm³/mol. The van der Waals surface area contributed by atoms with Gasteiger partial charge in [0, 0.05) is 0 Å². The number of rotatable bonds is 3. The van der Waals surface area contributed by atoms with E-state index in [9.17, 15) is 9.90 Å². The van der Waals surface area contributed by atoms with Gasteiger partial charge in [0.2, 0.25) is 0 Å². The third-order valence-corrected chi connectivity index (χ3v) is 3.66. The molecule has 2 aliphatic rings. The van der Waals surface area contributed by atoms with Crippen molar-refractivity contribution in [2.45, 2.75) is 19.8 Å². The van der Waals surface area contributed by atoms with E-state index in [2.05, 4.69) is 0 Å². The SMILES string of the molecule is CCc1ccc(O)c(C(=O)C2=COC3=CC=CCC3=C2)c1. The zero-order valence-electron chi connectivity index (χ0n) is 11.8. The number of benzene rings is 1. The van der Waals surface area contributed by atoms with E-state index < -0.39 is 0 Å². The number of hydrogen-bond acceptors (Lipinski definition) is 3. The largest absolute Gasteiger partial charge is 0.507 e. The van der Waals surface area contributed by atoms with Crippen LogP contribution in [0.4, 0.5) is 0 Å². The zero-order valence-corrected chi connectivity index (χ0v) is 11.8. The maximum absolute atomic E-state index is 12.6. The number of ether oxygens (including phenoxy) is 1. The lowest BCUT2D eigenvalue weighted by Gasteiger charge is -2.18. The Balaban J connectivity index is 1.93. The molecule has 3 heteroatoms. The summed E-state index contributed by atoms with van der Waals surface area (Å²) >= 11 is 0. The summed E-state index contributed by atoms with van der Waals surface area (Å²) < 4.78 is 5.51. The minimum atomic E-state index is -0.219. The van der Waals surface area contributed by atoms with Crippen molar-refractivity contribution in [1.82, 2.24) is 0 Å². The molecule has 1 aliphatic carbocycles. The second kappa shape index (κ2) is 5.44. The van der Waals surface area contributed by atoms with Crippen LogP contribution in [0.5, 0.6) is 5.75 Å². The van der Waals surface area contributed by atoms with E-state index in [-0.39, 0.29) is 11.5 Å². The van der Waals surface area contributed by atoms with Gasteiger partial charge in [-0.1, -0.05) is 25.1 Å². The number of aromatic hydroxyl groups is 1. The molecule has 0 bridgehead atoms. The van der Waals surface area contributed by atoms with E-state index in [1.54, 1.807) is 12.1 Å². The van der Waals surface area contributed by atoms with Gasteiger partial charge in [0.15, 0.2) is 5.78 Å². The highest BCUT2D eigenvalue weighted by atomic mass is 16.5. The number of phenolic OH excluding ortho intramolecular Hbond substituents is 1. The Morgan fingerprint density at radius 2 is 2.24 bits per heavy atom. The van der Waals surface area contributed by atoms with E-state index >= 15 is 0 Å². The van der Waals surface area contributed by atoms with Gasteiger partial charge in [-0.25, -0.2) is 0 Å². The first-order chi connectivity index (χ1) is 10.2. The van der Waals surface area contributed by atoms with Gasteiger partial charge in [0.05, 0.1) is 11.1 Å². The van der Waals surface area contributed by atoms with Crippen LogP contribution >= 0.6 is 0 Å². The van der Waals surface area contributed by atoms with Crippen molar-refractivity contribution in [3.05, 3.63) is 76.8 Å². The molecule has 106 valence electrons.